The molecule has 0 bridgehead atoms. The molecule has 0 N–H and O–H groups in total. The van der Waals surface area contributed by atoms with Gasteiger partial charge in [-0.25, -0.2) is 4.98 Å². The van der Waals surface area contributed by atoms with Crippen molar-refractivity contribution in [1.29, 1.82) is 0 Å². The molecule has 0 fully saturated rings. The van der Waals surface area contributed by atoms with E-state index in [0.29, 0.717) is 40.3 Å². The first-order valence-corrected chi connectivity index (χ1v) is 9.92. The van der Waals surface area contributed by atoms with Crippen LogP contribution in [-0.2, 0) is 6.54 Å². The fraction of sp³-hybridized carbons (Fsp3) is 0.227. The van der Waals surface area contributed by atoms with Crippen LogP contribution in [0.4, 0.5) is 0 Å². The van der Waals surface area contributed by atoms with Gasteiger partial charge < -0.3 is 4.74 Å². The van der Waals surface area contributed by atoms with Crippen LogP contribution >= 0.6 is 11.8 Å². The topological polar surface area (TPSA) is 61.2 Å². The third-order valence-electron chi connectivity index (χ3n) is 4.42. The summed E-state index contributed by atoms with van der Waals surface area (Å²) in [5, 5.41) is 0.734. The standard InChI is InChI=1S/C22H22N2O3S/c1-4-14-24-21(26)17-8-6-7-9-18(17)23-22(24)28-19(5-2)20(25)15-10-12-16(27-3)13-11-15/h4,6-13,19H,1,5,14H2,2-3H3. The van der Waals surface area contributed by atoms with Gasteiger partial charge in [0.1, 0.15) is 5.75 Å². The molecule has 0 saturated carbocycles. The Labute approximate surface area is 168 Å². The number of ether oxygens (including phenoxy) is 1. The van der Waals surface area contributed by atoms with Gasteiger partial charge in [0, 0.05) is 12.1 Å². The first-order valence-electron chi connectivity index (χ1n) is 9.04. The molecular formula is C22H22N2O3S. The predicted molar refractivity (Wildman–Crippen MR) is 113 cm³/mol. The zero-order chi connectivity index (χ0) is 20.1. The quantitative estimate of drug-likeness (QED) is 0.246. The molecule has 1 heterocycles. The Kier molecular flexibility index (Phi) is 6.31. The van der Waals surface area contributed by atoms with Gasteiger partial charge in [-0.05, 0) is 42.8 Å². The SMILES string of the molecule is C=CCn1c(SC(CC)C(=O)c2ccc(OC)cc2)nc2ccccc2c1=O. The van der Waals surface area contributed by atoms with E-state index in [1.54, 1.807) is 48.1 Å². The first-order chi connectivity index (χ1) is 13.6. The van der Waals surface area contributed by atoms with E-state index < -0.39 is 0 Å². The van der Waals surface area contributed by atoms with Crippen molar-refractivity contribution < 1.29 is 9.53 Å². The number of aromatic nitrogens is 2. The molecule has 3 aromatic rings. The van der Waals surface area contributed by atoms with E-state index in [4.69, 9.17) is 4.74 Å². The van der Waals surface area contributed by atoms with E-state index >= 15 is 0 Å². The maximum atomic E-state index is 13.0. The lowest BCUT2D eigenvalue weighted by molar-refractivity contribution is 0.0988. The maximum Gasteiger partial charge on any atom is 0.262 e. The summed E-state index contributed by atoms with van der Waals surface area (Å²) in [6, 6.07) is 14.3. The number of nitrogens with zero attached hydrogens (tertiary/aromatic N) is 2. The van der Waals surface area contributed by atoms with Crippen molar-refractivity contribution in [1.82, 2.24) is 9.55 Å². The molecule has 1 unspecified atom stereocenters. The van der Waals surface area contributed by atoms with Gasteiger partial charge in [-0.3, -0.25) is 14.2 Å². The van der Waals surface area contributed by atoms with Crippen molar-refractivity contribution in [2.45, 2.75) is 30.3 Å². The number of thioether (sulfide) groups is 1. The fourth-order valence-electron chi connectivity index (χ4n) is 2.92. The molecule has 0 aliphatic carbocycles. The number of allylic oxidation sites excluding steroid dienone is 1. The maximum absolute atomic E-state index is 13.0. The minimum Gasteiger partial charge on any atom is -0.497 e. The van der Waals surface area contributed by atoms with Crippen molar-refractivity contribution >= 4 is 28.4 Å². The molecule has 0 saturated heterocycles. The Morgan fingerprint density at radius 3 is 2.61 bits per heavy atom. The molecule has 0 spiro atoms. The van der Waals surface area contributed by atoms with Crippen molar-refractivity contribution in [3.8, 4) is 5.75 Å². The summed E-state index contributed by atoms with van der Waals surface area (Å²) in [5.41, 5.74) is 1.11. The summed E-state index contributed by atoms with van der Waals surface area (Å²) >= 11 is 1.32. The minimum absolute atomic E-state index is 0.00251. The molecule has 144 valence electrons. The molecule has 6 heteroatoms. The van der Waals surface area contributed by atoms with E-state index in [9.17, 15) is 9.59 Å². The molecule has 3 rings (SSSR count). The molecule has 1 atom stereocenters. The van der Waals surface area contributed by atoms with E-state index in [-0.39, 0.29) is 16.6 Å². The number of rotatable bonds is 8. The van der Waals surface area contributed by atoms with Gasteiger partial charge in [0.15, 0.2) is 10.9 Å². The third-order valence-corrected chi connectivity index (χ3v) is 5.78. The fourth-order valence-corrected chi connectivity index (χ4v) is 4.02. The normalized spacial score (nSPS) is 11.9. The number of para-hydroxylation sites is 1. The molecule has 5 nitrogen and oxygen atoms in total. The number of ketones is 1. The number of fused-ring (bicyclic) bond motifs is 1. The summed E-state index contributed by atoms with van der Waals surface area (Å²) in [7, 11) is 1.59. The first kappa shape index (κ1) is 19.9. The third kappa shape index (κ3) is 4.02. The summed E-state index contributed by atoms with van der Waals surface area (Å²) in [5.74, 6) is 0.705. The van der Waals surface area contributed by atoms with Crippen LogP contribution in [0.25, 0.3) is 10.9 Å². The number of hydrogen-bond donors (Lipinski definition) is 0. The van der Waals surface area contributed by atoms with Gasteiger partial charge in [-0.15, -0.1) is 6.58 Å². The lowest BCUT2D eigenvalue weighted by Gasteiger charge is -2.17. The van der Waals surface area contributed by atoms with E-state index in [1.807, 2.05) is 25.1 Å². The summed E-state index contributed by atoms with van der Waals surface area (Å²) in [6.45, 7) is 6.03. The Bertz CT molecular complexity index is 1060. The summed E-state index contributed by atoms with van der Waals surface area (Å²) < 4.78 is 6.73. The largest absolute Gasteiger partial charge is 0.497 e. The van der Waals surface area contributed by atoms with Crippen LogP contribution in [0, 0.1) is 0 Å². The number of benzene rings is 2. The molecule has 1 aromatic heterocycles. The van der Waals surface area contributed by atoms with Crippen molar-refractivity contribution in [2.75, 3.05) is 7.11 Å². The van der Waals surface area contributed by atoms with Crippen LogP contribution in [0.2, 0.25) is 0 Å². The lowest BCUT2D eigenvalue weighted by atomic mass is 10.1. The van der Waals surface area contributed by atoms with E-state index in [2.05, 4.69) is 11.6 Å². The van der Waals surface area contributed by atoms with Crippen LogP contribution in [-0.4, -0.2) is 27.7 Å². The van der Waals surface area contributed by atoms with Gasteiger partial charge in [-0.1, -0.05) is 36.9 Å². The molecular weight excluding hydrogens is 372 g/mol. The van der Waals surface area contributed by atoms with Crippen molar-refractivity contribution in [2.24, 2.45) is 0 Å². The van der Waals surface area contributed by atoms with Gasteiger partial charge in [0.2, 0.25) is 0 Å². The molecule has 2 aromatic carbocycles. The Balaban J connectivity index is 1.98. The zero-order valence-electron chi connectivity index (χ0n) is 15.9. The lowest BCUT2D eigenvalue weighted by Crippen LogP contribution is -2.25. The highest BCUT2D eigenvalue weighted by atomic mass is 32.2. The zero-order valence-corrected chi connectivity index (χ0v) is 16.7. The summed E-state index contributed by atoms with van der Waals surface area (Å²) in [6.07, 6.45) is 2.28. The Morgan fingerprint density at radius 1 is 1.25 bits per heavy atom. The molecule has 0 amide bonds. The predicted octanol–water partition coefficient (Wildman–Crippen LogP) is 4.34. The average Bonchev–Trinajstić information content (AvgIpc) is 2.74. The second-order valence-electron chi connectivity index (χ2n) is 6.22. The van der Waals surface area contributed by atoms with Gasteiger partial charge in [0.25, 0.3) is 5.56 Å². The monoisotopic (exact) mass is 394 g/mol. The number of methoxy groups -OCH3 is 1. The highest BCUT2D eigenvalue weighted by Gasteiger charge is 2.23. The van der Waals surface area contributed by atoms with Gasteiger partial charge in [0.05, 0.1) is 23.3 Å². The Hall–Kier alpha value is -2.86. The van der Waals surface area contributed by atoms with Crippen LogP contribution in [0.3, 0.4) is 0 Å². The van der Waals surface area contributed by atoms with Crippen molar-refractivity contribution in [3.63, 3.8) is 0 Å². The molecule has 0 radical (unpaired) electrons. The van der Waals surface area contributed by atoms with Gasteiger partial charge in [-0.2, -0.15) is 0 Å². The number of carbonyl (C=O) groups excluding carboxylic acids is 1. The second kappa shape index (κ2) is 8.89. The Morgan fingerprint density at radius 2 is 1.96 bits per heavy atom. The second-order valence-corrected chi connectivity index (χ2v) is 7.39. The number of carbonyl (C=O) groups is 1. The van der Waals surface area contributed by atoms with Crippen LogP contribution in [0.5, 0.6) is 5.75 Å². The number of hydrogen-bond acceptors (Lipinski definition) is 5. The smallest absolute Gasteiger partial charge is 0.262 e. The van der Waals surface area contributed by atoms with E-state index in [0.717, 1.165) is 0 Å². The molecule has 0 aliphatic rings. The molecule has 28 heavy (non-hydrogen) atoms. The van der Waals surface area contributed by atoms with Gasteiger partial charge >= 0.3 is 0 Å². The molecule has 0 aliphatic heterocycles. The van der Waals surface area contributed by atoms with E-state index in [1.165, 1.54) is 11.8 Å². The van der Waals surface area contributed by atoms with Crippen LogP contribution < -0.4 is 10.3 Å². The highest BCUT2D eigenvalue weighted by Crippen LogP contribution is 2.28. The average molecular weight is 394 g/mol. The van der Waals surface area contributed by atoms with Crippen molar-refractivity contribution in [3.05, 3.63) is 77.1 Å². The van der Waals surface area contributed by atoms with Crippen LogP contribution in [0.15, 0.2) is 71.1 Å². The van der Waals surface area contributed by atoms with Crippen LogP contribution in [0.1, 0.15) is 23.7 Å². The number of Topliss-reactive ketones (excluding diaryl/α,β-unsaturated/α-hetero) is 1. The minimum atomic E-state index is -0.350. The highest BCUT2D eigenvalue weighted by molar-refractivity contribution is 8.00. The summed E-state index contributed by atoms with van der Waals surface area (Å²) in [4.78, 5) is 30.5.